The van der Waals surface area contributed by atoms with Gasteiger partial charge in [-0.2, -0.15) is 0 Å². The second kappa shape index (κ2) is 21.1. The number of methoxy groups -OCH3 is 1. The van der Waals surface area contributed by atoms with Crippen molar-refractivity contribution in [3.63, 3.8) is 0 Å². The SMILES string of the molecule is COC(=O)[C@@H](C)C[C@H](Cc1ccccc1)NC(=O)c1csc([C@@H](C[C@H](C(C)C)N(C)C(=O)[C@@H](NC(=O)OCC2c3ccccc3-c3ccccc32)c2ccc(F)cc2)OC(C)=O)n1. The van der Waals surface area contributed by atoms with Crippen molar-refractivity contribution in [2.45, 2.75) is 77.1 Å². The molecular weight excluding hydrogens is 824 g/mol. The number of carbonyl (C=O) groups excluding carboxylic acids is 5. The summed E-state index contributed by atoms with van der Waals surface area (Å²) in [5, 5.41) is 7.69. The molecule has 0 saturated heterocycles. The Morgan fingerprint density at radius 3 is 2.05 bits per heavy atom. The van der Waals surface area contributed by atoms with Crippen LogP contribution >= 0.6 is 11.3 Å². The number of thiazole rings is 1. The zero-order valence-electron chi connectivity index (χ0n) is 36.2. The Balaban J connectivity index is 1.18. The maximum Gasteiger partial charge on any atom is 0.408 e. The maximum atomic E-state index is 14.6. The number of benzene rings is 4. The number of hydrogen-bond donors (Lipinski definition) is 2. The maximum absolute atomic E-state index is 14.6. The van der Waals surface area contributed by atoms with E-state index in [1.165, 1.54) is 43.2 Å². The van der Waals surface area contributed by atoms with E-state index in [2.05, 4.69) is 15.6 Å². The number of aromatic nitrogens is 1. The molecule has 12 nitrogen and oxygen atoms in total. The van der Waals surface area contributed by atoms with E-state index in [0.29, 0.717) is 23.4 Å². The highest BCUT2D eigenvalue weighted by Crippen LogP contribution is 2.44. The summed E-state index contributed by atoms with van der Waals surface area (Å²) < 4.78 is 30.7. The highest BCUT2D eigenvalue weighted by molar-refractivity contribution is 7.09. The molecule has 0 bridgehead atoms. The largest absolute Gasteiger partial charge is 0.469 e. The van der Waals surface area contributed by atoms with Crippen molar-refractivity contribution in [1.82, 2.24) is 20.5 Å². The first kappa shape index (κ1) is 46.1. The zero-order chi connectivity index (χ0) is 45.2. The molecule has 1 aromatic heterocycles. The summed E-state index contributed by atoms with van der Waals surface area (Å²) in [7, 11) is 2.92. The third-order valence-corrected chi connectivity index (χ3v) is 12.3. The van der Waals surface area contributed by atoms with Crippen molar-refractivity contribution in [3.8, 4) is 11.1 Å². The lowest BCUT2D eigenvalue weighted by molar-refractivity contribution is -0.149. The highest BCUT2D eigenvalue weighted by atomic mass is 32.1. The standard InChI is InChI=1S/C49H53FN4O8S/c1-29(2)42(26-43(62-31(4)55)46-52-41(28-63-46)45(56)51-35(24-30(3)48(58)60-6)25-32-14-8-7-9-15-32)54(5)47(57)44(33-20-22-34(50)23-21-33)53-49(59)61-27-40-38-18-12-10-16-36(38)37-17-11-13-19-39(37)40/h7-23,28-30,35,40,42-44H,24-27H2,1-6H3,(H,51,56)(H,53,59)/t30-,35+,42+,43+,44-/m0/s1. The molecule has 0 aliphatic heterocycles. The molecule has 4 aromatic carbocycles. The van der Waals surface area contributed by atoms with E-state index in [0.717, 1.165) is 39.2 Å². The predicted molar refractivity (Wildman–Crippen MR) is 237 cm³/mol. The van der Waals surface area contributed by atoms with Crippen LogP contribution < -0.4 is 10.6 Å². The molecule has 0 unspecified atom stereocenters. The van der Waals surface area contributed by atoms with Crippen molar-refractivity contribution < 1.29 is 42.6 Å². The van der Waals surface area contributed by atoms with Crippen LogP contribution in [0.3, 0.4) is 0 Å². The van der Waals surface area contributed by atoms with Gasteiger partial charge in [-0.25, -0.2) is 14.2 Å². The second-order valence-corrected chi connectivity index (χ2v) is 17.0. The average molecular weight is 877 g/mol. The summed E-state index contributed by atoms with van der Waals surface area (Å²) in [4.78, 5) is 72.8. The van der Waals surface area contributed by atoms with Crippen molar-refractivity contribution in [2.75, 3.05) is 20.8 Å². The number of likely N-dealkylation sites (N-methyl/N-ethyl adjacent to an activating group) is 1. The summed E-state index contributed by atoms with van der Waals surface area (Å²) in [5.41, 5.74) is 5.62. The first-order chi connectivity index (χ1) is 30.2. The van der Waals surface area contributed by atoms with E-state index >= 15 is 0 Å². The number of rotatable bonds is 18. The number of amides is 3. The molecule has 14 heteroatoms. The average Bonchev–Trinajstić information content (AvgIpc) is 3.90. The van der Waals surface area contributed by atoms with Crippen LogP contribution in [0.25, 0.3) is 11.1 Å². The lowest BCUT2D eigenvalue weighted by atomic mass is 9.95. The van der Waals surface area contributed by atoms with Gasteiger partial charge in [0.05, 0.1) is 13.0 Å². The molecule has 0 spiro atoms. The predicted octanol–water partition coefficient (Wildman–Crippen LogP) is 8.58. The summed E-state index contributed by atoms with van der Waals surface area (Å²) >= 11 is 1.14. The third kappa shape index (κ3) is 11.5. The minimum Gasteiger partial charge on any atom is -0.469 e. The molecule has 63 heavy (non-hydrogen) atoms. The summed E-state index contributed by atoms with van der Waals surface area (Å²) in [5.74, 6) is -3.35. The summed E-state index contributed by atoms with van der Waals surface area (Å²) in [6.07, 6.45) is -0.887. The molecule has 0 fully saturated rings. The number of nitrogens with one attached hydrogen (secondary N) is 2. The van der Waals surface area contributed by atoms with Gasteiger partial charge in [0, 0.05) is 43.8 Å². The minimum atomic E-state index is -1.26. The highest BCUT2D eigenvalue weighted by Gasteiger charge is 2.36. The lowest BCUT2D eigenvalue weighted by Crippen LogP contribution is -2.48. The number of esters is 2. The van der Waals surface area contributed by atoms with E-state index < -0.39 is 59.8 Å². The van der Waals surface area contributed by atoms with Crippen LogP contribution in [0.15, 0.2) is 109 Å². The smallest absolute Gasteiger partial charge is 0.408 e. The molecule has 0 saturated carbocycles. The Bertz CT molecular complexity index is 2340. The van der Waals surface area contributed by atoms with Crippen LogP contribution in [0, 0.1) is 17.7 Å². The molecule has 5 atom stereocenters. The Kier molecular flexibility index (Phi) is 15.4. The van der Waals surface area contributed by atoms with E-state index in [1.54, 1.807) is 19.4 Å². The van der Waals surface area contributed by atoms with Gasteiger partial charge in [-0.05, 0) is 64.3 Å². The molecule has 330 valence electrons. The van der Waals surface area contributed by atoms with Crippen molar-refractivity contribution in [1.29, 1.82) is 0 Å². The molecule has 3 amide bonds. The van der Waals surface area contributed by atoms with Gasteiger partial charge >= 0.3 is 18.0 Å². The lowest BCUT2D eigenvalue weighted by Gasteiger charge is -2.35. The Morgan fingerprint density at radius 2 is 1.44 bits per heavy atom. The number of ether oxygens (including phenoxy) is 3. The van der Waals surface area contributed by atoms with E-state index in [4.69, 9.17) is 14.2 Å². The summed E-state index contributed by atoms with van der Waals surface area (Å²) in [6.45, 7) is 6.86. The molecular formula is C49H53FN4O8S. The Labute approximate surface area is 371 Å². The normalized spacial score (nSPS) is 14.3. The van der Waals surface area contributed by atoms with Crippen molar-refractivity contribution >= 4 is 41.2 Å². The van der Waals surface area contributed by atoms with Gasteiger partial charge in [-0.3, -0.25) is 19.2 Å². The van der Waals surface area contributed by atoms with Crippen LogP contribution in [0.2, 0.25) is 0 Å². The molecule has 5 aromatic rings. The van der Waals surface area contributed by atoms with Crippen molar-refractivity contribution in [3.05, 3.63) is 147 Å². The van der Waals surface area contributed by atoms with Crippen LogP contribution in [0.4, 0.5) is 9.18 Å². The minimum absolute atomic E-state index is 0.0207. The van der Waals surface area contributed by atoms with Gasteiger partial charge in [0.15, 0.2) is 6.10 Å². The number of nitrogens with zero attached hydrogens (tertiary/aromatic N) is 2. The topological polar surface area (TPSA) is 153 Å². The number of carbonyl (C=O) groups is 5. The molecule has 1 aliphatic carbocycles. The van der Waals surface area contributed by atoms with E-state index in [1.807, 2.05) is 92.7 Å². The number of fused-ring (bicyclic) bond motifs is 3. The molecule has 6 rings (SSSR count). The van der Waals surface area contributed by atoms with Gasteiger partial charge in [-0.1, -0.05) is 112 Å². The fourth-order valence-electron chi connectivity index (χ4n) is 8.18. The Morgan fingerprint density at radius 1 is 0.825 bits per heavy atom. The monoisotopic (exact) mass is 876 g/mol. The fraction of sp³-hybridized carbons (Fsp3) is 0.347. The van der Waals surface area contributed by atoms with Gasteiger partial charge in [0.1, 0.15) is 29.2 Å². The number of hydrogen-bond acceptors (Lipinski definition) is 10. The van der Waals surface area contributed by atoms with Gasteiger partial charge in [-0.15, -0.1) is 11.3 Å². The first-order valence-electron chi connectivity index (χ1n) is 20.9. The van der Waals surface area contributed by atoms with E-state index in [-0.39, 0.29) is 36.5 Å². The van der Waals surface area contributed by atoms with Gasteiger partial charge in [0.25, 0.3) is 5.91 Å². The van der Waals surface area contributed by atoms with Crippen LogP contribution in [-0.4, -0.2) is 72.6 Å². The number of halogens is 1. The Hall–Kier alpha value is -6.41. The first-order valence-corrected chi connectivity index (χ1v) is 21.8. The fourth-order valence-corrected chi connectivity index (χ4v) is 9.02. The van der Waals surface area contributed by atoms with Gasteiger partial charge < -0.3 is 29.7 Å². The van der Waals surface area contributed by atoms with E-state index in [9.17, 15) is 28.4 Å². The molecule has 0 radical (unpaired) electrons. The second-order valence-electron chi connectivity index (χ2n) is 16.1. The van der Waals surface area contributed by atoms with Crippen LogP contribution in [0.1, 0.15) is 96.4 Å². The van der Waals surface area contributed by atoms with Gasteiger partial charge in [0.2, 0.25) is 5.91 Å². The van der Waals surface area contributed by atoms with Crippen LogP contribution in [0.5, 0.6) is 0 Å². The quantitative estimate of drug-likeness (QED) is 0.0651. The molecule has 1 aliphatic rings. The molecule has 2 N–H and O–H groups in total. The van der Waals surface area contributed by atoms with Crippen molar-refractivity contribution in [2.24, 2.45) is 11.8 Å². The third-order valence-electron chi connectivity index (χ3n) is 11.4. The molecule has 1 heterocycles. The van der Waals surface area contributed by atoms with Crippen LogP contribution in [-0.2, 0) is 35.0 Å². The summed E-state index contributed by atoms with van der Waals surface area (Å²) in [6, 6.07) is 28.5. The zero-order valence-corrected chi connectivity index (χ0v) is 37.0. The number of alkyl carbamates (subject to hydrolysis) is 1.